The van der Waals surface area contributed by atoms with Crippen LogP contribution in [0.4, 0.5) is 0 Å². The highest BCUT2D eigenvalue weighted by atomic mass is 32.1. The highest BCUT2D eigenvalue weighted by Crippen LogP contribution is 2.51. The number of hydrogen-bond donors (Lipinski definition) is 0. The van der Waals surface area contributed by atoms with Crippen LogP contribution in [-0.2, 0) is 0 Å². The number of unbranched alkanes of at least 4 members (excludes halogenated alkanes) is 18. The van der Waals surface area contributed by atoms with Crippen molar-refractivity contribution in [3.05, 3.63) is 72.8 Å². The first-order valence-corrected chi connectivity index (χ1v) is 21.8. The van der Waals surface area contributed by atoms with Gasteiger partial charge in [0, 0.05) is 20.2 Å². The number of ether oxygens (including phenoxy) is 2. The summed E-state index contributed by atoms with van der Waals surface area (Å²) in [4.78, 5) is 2.47. The van der Waals surface area contributed by atoms with Crippen molar-refractivity contribution >= 4 is 42.8 Å². The van der Waals surface area contributed by atoms with E-state index in [4.69, 9.17) is 9.47 Å². The van der Waals surface area contributed by atoms with Crippen molar-refractivity contribution < 1.29 is 9.47 Å². The topological polar surface area (TPSA) is 18.5 Å². The minimum absolute atomic E-state index is 0.771. The van der Waals surface area contributed by atoms with Crippen LogP contribution in [0, 0.1) is 0 Å². The summed E-state index contributed by atoms with van der Waals surface area (Å²) >= 11 is 3.72. The molecular formula is C46H62O2S2. The van der Waals surface area contributed by atoms with Gasteiger partial charge >= 0.3 is 0 Å². The van der Waals surface area contributed by atoms with Gasteiger partial charge in [-0.3, -0.25) is 0 Å². The Kier molecular flexibility index (Phi) is 17.0. The molecule has 0 saturated heterocycles. The molecular weight excluding hydrogens is 649 g/mol. The lowest BCUT2D eigenvalue weighted by atomic mass is 10.1. The van der Waals surface area contributed by atoms with Gasteiger partial charge in [0.05, 0.1) is 23.0 Å². The molecule has 0 spiro atoms. The lowest BCUT2D eigenvalue weighted by Gasteiger charge is -2.09. The molecule has 0 radical (unpaired) electrons. The maximum absolute atomic E-state index is 6.72. The summed E-state index contributed by atoms with van der Waals surface area (Å²) in [6, 6.07) is 26.4. The Balaban J connectivity index is 1.27. The van der Waals surface area contributed by atoms with E-state index in [9.17, 15) is 0 Å². The van der Waals surface area contributed by atoms with Crippen molar-refractivity contribution in [2.24, 2.45) is 0 Å². The molecule has 3 aromatic carbocycles. The van der Waals surface area contributed by atoms with Gasteiger partial charge in [-0.2, -0.15) is 0 Å². The van der Waals surface area contributed by atoms with Gasteiger partial charge in [-0.15, -0.1) is 22.7 Å². The number of rotatable bonds is 26. The van der Waals surface area contributed by atoms with E-state index in [1.165, 1.54) is 157 Å². The maximum Gasteiger partial charge on any atom is 0.145 e. The van der Waals surface area contributed by atoms with E-state index in [1.807, 2.05) is 22.7 Å². The van der Waals surface area contributed by atoms with Gasteiger partial charge in [0.25, 0.3) is 0 Å². The Hall–Kier alpha value is -2.82. The summed E-state index contributed by atoms with van der Waals surface area (Å²) in [6.07, 6.45) is 26.6. The van der Waals surface area contributed by atoms with Crippen LogP contribution in [0.25, 0.3) is 41.1 Å². The van der Waals surface area contributed by atoms with E-state index in [2.05, 4.69) is 86.6 Å². The Labute approximate surface area is 311 Å². The van der Waals surface area contributed by atoms with Gasteiger partial charge < -0.3 is 9.47 Å². The third kappa shape index (κ3) is 11.6. The zero-order chi connectivity index (χ0) is 34.6. The van der Waals surface area contributed by atoms with Gasteiger partial charge in [0.1, 0.15) is 11.5 Å². The van der Waals surface area contributed by atoms with Gasteiger partial charge in [0.15, 0.2) is 0 Å². The van der Waals surface area contributed by atoms with Crippen molar-refractivity contribution in [1.82, 2.24) is 0 Å². The highest BCUT2D eigenvalue weighted by molar-refractivity contribution is 7.24. The average molecular weight is 711 g/mol. The Bertz CT molecular complexity index is 1510. The van der Waals surface area contributed by atoms with Gasteiger partial charge in [0.2, 0.25) is 0 Å². The molecule has 2 nitrogen and oxygen atoms in total. The number of fused-ring (bicyclic) bond motifs is 2. The lowest BCUT2D eigenvalue weighted by molar-refractivity contribution is 0.309. The molecule has 0 aliphatic rings. The van der Waals surface area contributed by atoms with Crippen molar-refractivity contribution in [2.45, 2.75) is 142 Å². The predicted molar refractivity (Wildman–Crippen MR) is 223 cm³/mol. The standard InChI is InChI=1S/C46H62O2S2/c1-3-5-7-9-11-13-15-17-19-27-33-47-43-39-35-42-40(36-41(39)49-45(43)37-29-23-21-24-30-37)44(46(50-42)38-31-25-22-26-32-38)48-34-28-20-18-16-14-12-10-8-6-4-2/h21-26,29-32,35-36H,3-20,27-28,33-34H2,1-2H3. The summed E-state index contributed by atoms with van der Waals surface area (Å²) in [5, 5.41) is 2.46. The van der Waals surface area contributed by atoms with E-state index in [0.717, 1.165) is 37.6 Å². The van der Waals surface area contributed by atoms with Crippen LogP contribution in [-0.4, -0.2) is 13.2 Å². The first-order valence-electron chi connectivity index (χ1n) is 20.2. The third-order valence-electron chi connectivity index (χ3n) is 9.97. The second kappa shape index (κ2) is 22.2. The molecule has 0 saturated carbocycles. The van der Waals surface area contributed by atoms with E-state index in [0.29, 0.717) is 0 Å². The molecule has 0 aliphatic carbocycles. The molecule has 5 aromatic rings. The largest absolute Gasteiger partial charge is 0.491 e. The molecule has 0 N–H and O–H groups in total. The molecule has 0 amide bonds. The van der Waals surface area contributed by atoms with Crippen LogP contribution in [0.1, 0.15) is 142 Å². The monoisotopic (exact) mass is 710 g/mol. The highest BCUT2D eigenvalue weighted by Gasteiger charge is 2.21. The minimum atomic E-state index is 0.771. The smallest absolute Gasteiger partial charge is 0.145 e. The minimum Gasteiger partial charge on any atom is -0.491 e. The molecule has 4 heteroatoms. The third-order valence-corrected chi connectivity index (χ3v) is 12.3. The van der Waals surface area contributed by atoms with Crippen molar-refractivity contribution in [2.75, 3.05) is 13.2 Å². The van der Waals surface area contributed by atoms with Crippen LogP contribution < -0.4 is 9.47 Å². The van der Waals surface area contributed by atoms with E-state index in [-0.39, 0.29) is 0 Å². The fraction of sp³-hybridized carbons (Fsp3) is 0.522. The second-order valence-corrected chi connectivity index (χ2v) is 16.3. The molecule has 0 fully saturated rings. The van der Waals surface area contributed by atoms with Gasteiger partial charge in [-0.1, -0.05) is 190 Å². The van der Waals surface area contributed by atoms with E-state index >= 15 is 0 Å². The van der Waals surface area contributed by atoms with Crippen molar-refractivity contribution in [3.63, 3.8) is 0 Å². The fourth-order valence-corrected chi connectivity index (χ4v) is 9.36. The molecule has 50 heavy (non-hydrogen) atoms. The summed E-state index contributed by atoms with van der Waals surface area (Å²) in [5.41, 5.74) is 2.47. The van der Waals surface area contributed by atoms with Crippen LogP contribution >= 0.6 is 22.7 Å². The molecule has 0 aliphatic heterocycles. The van der Waals surface area contributed by atoms with Crippen LogP contribution in [0.3, 0.4) is 0 Å². The average Bonchev–Trinajstić information content (AvgIpc) is 3.69. The van der Waals surface area contributed by atoms with Crippen LogP contribution in [0.2, 0.25) is 0 Å². The summed E-state index contributed by atoms with van der Waals surface area (Å²) in [5.74, 6) is 2.10. The van der Waals surface area contributed by atoms with Crippen molar-refractivity contribution in [1.29, 1.82) is 0 Å². The summed E-state index contributed by atoms with van der Waals surface area (Å²) < 4.78 is 16.0. The zero-order valence-corrected chi connectivity index (χ0v) is 32.8. The van der Waals surface area contributed by atoms with Gasteiger partial charge in [-0.25, -0.2) is 0 Å². The van der Waals surface area contributed by atoms with E-state index < -0.39 is 0 Å². The molecule has 0 bridgehead atoms. The Morgan fingerprint density at radius 2 is 0.720 bits per heavy atom. The molecule has 2 aromatic heterocycles. The number of hydrogen-bond acceptors (Lipinski definition) is 4. The SMILES string of the molecule is CCCCCCCCCCCCOc1c(-c2ccccc2)sc2cc3c(OCCCCCCCCCCCC)c(-c4ccccc4)sc3cc12. The van der Waals surface area contributed by atoms with Crippen molar-refractivity contribution in [3.8, 4) is 32.4 Å². The van der Waals surface area contributed by atoms with E-state index in [1.54, 1.807) is 0 Å². The van der Waals surface area contributed by atoms with Crippen LogP contribution in [0.5, 0.6) is 11.5 Å². The zero-order valence-electron chi connectivity index (χ0n) is 31.1. The fourth-order valence-electron chi connectivity index (χ4n) is 7.01. The Morgan fingerprint density at radius 3 is 1.06 bits per heavy atom. The molecule has 270 valence electrons. The first-order chi connectivity index (χ1) is 24.8. The predicted octanol–water partition coefficient (Wildman–Crippen LogP) is 16.0. The Morgan fingerprint density at radius 1 is 0.400 bits per heavy atom. The molecule has 0 unspecified atom stereocenters. The first kappa shape index (κ1) is 38.4. The number of thiophene rings is 2. The molecule has 0 atom stereocenters. The normalized spacial score (nSPS) is 11.6. The lowest BCUT2D eigenvalue weighted by Crippen LogP contribution is -1.98. The summed E-state index contributed by atoms with van der Waals surface area (Å²) in [6.45, 7) is 6.13. The second-order valence-electron chi connectivity index (χ2n) is 14.2. The molecule has 2 heterocycles. The maximum atomic E-state index is 6.72. The van der Waals surface area contributed by atoms with Gasteiger partial charge in [-0.05, 0) is 36.1 Å². The van der Waals surface area contributed by atoms with Crippen LogP contribution in [0.15, 0.2) is 72.8 Å². The number of benzene rings is 3. The summed E-state index contributed by atoms with van der Waals surface area (Å²) in [7, 11) is 0. The molecule has 5 rings (SSSR count). The quantitative estimate of drug-likeness (QED) is 0.0532.